The molecule has 0 spiro atoms. The highest BCUT2D eigenvalue weighted by atomic mass is 35.5. The molecule has 5 nitrogen and oxygen atoms in total. The van der Waals surface area contributed by atoms with Crippen LogP contribution in [0.1, 0.15) is 11.7 Å². The number of aryl methyl sites for hydroxylation is 1. The van der Waals surface area contributed by atoms with Gasteiger partial charge >= 0.3 is 0 Å². The predicted octanol–water partition coefficient (Wildman–Crippen LogP) is 0.233. The van der Waals surface area contributed by atoms with Gasteiger partial charge in [0.2, 0.25) is 11.8 Å². The molecule has 1 aromatic rings. The molecule has 1 aromatic heterocycles. The lowest BCUT2D eigenvalue weighted by Crippen LogP contribution is -2.23. The molecule has 1 heterocycles. The van der Waals surface area contributed by atoms with E-state index in [1.807, 2.05) is 0 Å². The summed E-state index contributed by atoms with van der Waals surface area (Å²) in [4.78, 5) is 14.5. The molecule has 0 bridgehead atoms. The Morgan fingerprint density at radius 1 is 1.75 bits per heavy atom. The van der Waals surface area contributed by atoms with Crippen molar-refractivity contribution < 1.29 is 9.32 Å². The number of carbonyl (C=O) groups is 1. The second kappa shape index (κ2) is 4.06. The number of amides is 1. The fraction of sp³-hybridized carbons (Fsp3) is 0.500. The Morgan fingerprint density at radius 3 is 3.00 bits per heavy atom. The van der Waals surface area contributed by atoms with Crippen LogP contribution < -0.4 is 5.32 Å². The van der Waals surface area contributed by atoms with Crippen molar-refractivity contribution in [2.75, 3.05) is 5.88 Å². The average molecular weight is 190 g/mol. The topological polar surface area (TPSA) is 68.0 Å². The SMILES string of the molecule is Cc1noc(CNC(=O)CCl)n1. The molecule has 6 heteroatoms. The monoisotopic (exact) mass is 189 g/mol. The third-order valence-corrected chi connectivity index (χ3v) is 1.37. The zero-order valence-corrected chi connectivity index (χ0v) is 7.26. The van der Waals surface area contributed by atoms with Crippen molar-refractivity contribution in [1.29, 1.82) is 0 Å². The van der Waals surface area contributed by atoms with Crippen molar-refractivity contribution in [2.24, 2.45) is 0 Å². The van der Waals surface area contributed by atoms with Crippen LogP contribution in [-0.4, -0.2) is 21.9 Å². The van der Waals surface area contributed by atoms with Crippen molar-refractivity contribution in [1.82, 2.24) is 15.5 Å². The summed E-state index contributed by atoms with van der Waals surface area (Å²) in [6, 6.07) is 0. The molecule has 0 fully saturated rings. The van der Waals surface area contributed by atoms with E-state index in [1.54, 1.807) is 6.92 Å². The summed E-state index contributed by atoms with van der Waals surface area (Å²) in [5.41, 5.74) is 0. The number of nitrogens with one attached hydrogen (secondary N) is 1. The zero-order chi connectivity index (χ0) is 8.97. The van der Waals surface area contributed by atoms with Gasteiger partial charge in [-0.05, 0) is 6.92 Å². The van der Waals surface area contributed by atoms with Crippen molar-refractivity contribution in [2.45, 2.75) is 13.5 Å². The van der Waals surface area contributed by atoms with Gasteiger partial charge in [0.05, 0.1) is 6.54 Å². The van der Waals surface area contributed by atoms with E-state index < -0.39 is 0 Å². The van der Waals surface area contributed by atoms with Crippen LogP contribution in [0.5, 0.6) is 0 Å². The van der Waals surface area contributed by atoms with Gasteiger partial charge in [-0.15, -0.1) is 11.6 Å². The standard InChI is InChI=1S/C6H8ClN3O2/c1-4-9-6(12-10-4)3-8-5(11)2-7/h2-3H2,1H3,(H,8,11). The number of hydrogen-bond donors (Lipinski definition) is 1. The van der Waals surface area contributed by atoms with E-state index in [-0.39, 0.29) is 18.3 Å². The summed E-state index contributed by atoms with van der Waals surface area (Å²) in [5.74, 6) is 0.608. The van der Waals surface area contributed by atoms with Crippen molar-refractivity contribution in [3.05, 3.63) is 11.7 Å². The first-order valence-corrected chi connectivity index (χ1v) is 3.87. The van der Waals surface area contributed by atoms with Crippen LogP contribution >= 0.6 is 11.6 Å². The Kier molecular flexibility index (Phi) is 3.04. The molecule has 0 aliphatic carbocycles. The molecular weight excluding hydrogens is 182 g/mol. The summed E-state index contributed by atoms with van der Waals surface area (Å²) in [6.45, 7) is 1.93. The maximum atomic E-state index is 10.7. The molecule has 0 saturated heterocycles. The van der Waals surface area contributed by atoms with Crippen molar-refractivity contribution >= 4 is 17.5 Å². The van der Waals surface area contributed by atoms with Crippen LogP contribution in [-0.2, 0) is 11.3 Å². The lowest BCUT2D eigenvalue weighted by Gasteiger charge is -1.95. The van der Waals surface area contributed by atoms with Gasteiger partial charge < -0.3 is 9.84 Å². The molecule has 0 aliphatic rings. The van der Waals surface area contributed by atoms with E-state index in [4.69, 9.17) is 16.1 Å². The lowest BCUT2D eigenvalue weighted by atomic mass is 10.6. The lowest BCUT2D eigenvalue weighted by molar-refractivity contribution is -0.118. The minimum Gasteiger partial charge on any atom is -0.346 e. The fourth-order valence-electron chi connectivity index (χ4n) is 0.633. The van der Waals surface area contributed by atoms with E-state index in [1.165, 1.54) is 0 Å². The summed E-state index contributed by atoms with van der Waals surface area (Å²) in [5, 5.41) is 6.04. The highest BCUT2D eigenvalue weighted by Gasteiger charge is 2.03. The van der Waals surface area contributed by atoms with Gasteiger partial charge in [0.15, 0.2) is 5.82 Å². The van der Waals surface area contributed by atoms with Crippen LogP contribution in [0.25, 0.3) is 0 Å². The molecule has 0 aromatic carbocycles. The van der Waals surface area contributed by atoms with E-state index in [0.29, 0.717) is 11.7 Å². The first-order valence-electron chi connectivity index (χ1n) is 3.34. The maximum Gasteiger partial charge on any atom is 0.246 e. The predicted molar refractivity (Wildman–Crippen MR) is 41.6 cm³/mol. The Balaban J connectivity index is 2.38. The second-order valence-corrected chi connectivity index (χ2v) is 2.41. The normalized spacial score (nSPS) is 9.83. The first-order chi connectivity index (χ1) is 5.72. The third-order valence-electron chi connectivity index (χ3n) is 1.13. The Hall–Kier alpha value is -1.10. The molecule has 1 amide bonds. The summed E-state index contributed by atoms with van der Waals surface area (Å²) in [6.07, 6.45) is 0. The van der Waals surface area contributed by atoms with Crippen molar-refractivity contribution in [3.63, 3.8) is 0 Å². The number of hydrogen-bond acceptors (Lipinski definition) is 4. The molecular formula is C6H8ClN3O2. The fourth-order valence-corrected chi connectivity index (χ4v) is 0.728. The molecule has 12 heavy (non-hydrogen) atoms. The van der Waals surface area contributed by atoms with Gasteiger partial charge in [-0.3, -0.25) is 4.79 Å². The molecule has 0 aliphatic heterocycles. The van der Waals surface area contributed by atoms with Gasteiger partial charge in [-0.25, -0.2) is 0 Å². The van der Waals surface area contributed by atoms with Crippen LogP contribution in [0, 0.1) is 6.92 Å². The molecule has 0 unspecified atom stereocenters. The number of rotatable bonds is 3. The highest BCUT2D eigenvalue weighted by molar-refractivity contribution is 6.27. The average Bonchev–Trinajstić information content (AvgIpc) is 2.47. The van der Waals surface area contributed by atoms with Crippen LogP contribution in [0.2, 0.25) is 0 Å². The minimum atomic E-state index is -0.257. The molecule has 1 N–H and O–H groups in total. The number of aromatic nitrogens is 2. The number of alkyl halides is 1. The quantitative estimate of drug-likeness (QED) is 0.692. The van der Waals surface area contributed by atoms with Gasteiger partial charge in [0.1, 0.15) is 5.88 Å². The van der Waals surface area contributed by atoms with Crippen LogP contribution in [0.3, 0.4) is 0 Å². The summed E-state index contributed by atoms with van der Waals surface area (Å²) in [7, 11) is 0. The summed E-state index contributed by atoms with van der Waals surface area (Å²) < 4.78 is 4.74. The van der Waals surface area contributed by atoms with E-state index in [2.05, 4.69) is 15.5 Å². The number of nitrogens with zero attached hydrogens (tertiary/aromatic N) is 2. The highest BCUT2D eigenvalue weighted by Crippen LogP contribution is 1.94. The second-order valence-electron chi connectivity index (χ2n) is 2.15. The van der Waals surface area contributed by atoms with Gasteiger partial charge in [-0.2, -0.15) is 4.98 Å². The largest absolute Gasteiger partial charge is 0.346 e. The van der Waals surface area contributed by atoms with E-state index >= 15 is 0 Å². The van der Waals surface area contributed by atoms with Gasteiger partial charge in [-0.1, -0.05) is 5.16 Å². The molecule has 1 rings (SSSR count). The third kappa shape index (κ3) is 2.50. The Labute approximate surface area is 74.1 Å². The smallest absolute Gasteiger partial charge is 0.246 e. The van der Waals surface area contributed by atoms with Gasteiger partial charge in [0, 0.05) is 0 Å². The zero-order valence-electron chi connectivity index (χ0n) is 6.50. The van der Waals surface area contributed by atoms with E-state index in [9.17, 15) is 4.79 Å². The van der Waals surface area contributed by atoms with Crippen LogP contribution in [0.4, 0.5) is 0 Å². The molecule has 0 saturated carbocycles. The first kappa shape index (κ1) is 8.99. The van der Waals surface area contributed by atoms with Gasteiger partial charge in [0.25, 0.3) is 0 Å². The molecule has 0 atom stereocenters. The minimum absolute atomic E-state index is 0.0624. The van der Waals surface area contributed by atoms with Crippen molar-refractivity contribution in [3.8, 4) is 0 Å². The Bertz CT molecular complexity index is 274. The number of carbonyl (C=O) groups excluding carboxylic acids is 1. The Morgan fingerprint density at radius 2 is 2.50 bits per heavy atom. The molecule has 0 radical (unpaired) electrons. The number of halogens is 1. The summed E-state index contributed by atoms with van der Waals surface area (Å²) >= 11 is 5.24. The maximum absolute atomic E-state index is 10.7. The van der Waals surface area contributed by atoms with E-state index in [0.717, 1.165) is 0 Å². The molecule has 66 valence electrons. The van der Waals surface area contributed by atoms with Crippen LogP contribution in [0.15, 0.2) is 4.52 Å².